The van der Waals surface area contributed by atoms with E-state index < -0.39 is 10.0 Å². The Morgan fingerprint density at radius 3 is 2.54 bits per heavy atom. The molecule has 0 saturated carbocycles. The molecule has 1 atom stereocenters. The van der Waals surface area contributed by atoms with Crippen LogP contribution in [0.25, 0.3) is 22.0 Å². The zero-order valence-corrected chi connectivity index (χ0v) is 22.8. The third-order valence-corrected chi connectivity index (χ3v) is 8.25. The predicted octanol–water partition coefficient (Wildman–Crippen LogP) is 4.07. The van der Waals surface area contributed by atoms with E-state index in [1.807, 2.05) is 47.4 Å². The van der Waals surface area contributed by atoms with Crippen LogP contribution in [0, 0.1) is 5.92 Å². The number of aromatic amines is 1. The number of aromatic nitrogens is 1. The van der Waals surface area contributed by atoms with E-state index in [0.717, 1.165) is 34.9 Å². The molecule has 4 aromatic rings. The Labute approximate surface area is 231 Å². The Morgan fingerprint density at radius 2 is 1.82 bits per heavy atom. The van der Waals surface area contributed by atoms with Crippen molar-refractivity contribution in [1.82, 2.24) is 10.3 Å². The fraction of sp³-hybridized carbons (Fsp3) is 0.241. The molecular formula is C29H29ClN4O4S. The van der Waals surface area contributed by atoms with Gasteiger partial charge in [-0.05, 0) is 60.7 Å². The lowest BCUT2D eigenvalue weighted by Gasteiger charge is -2.34. The summed E-state index contributed by atoms with van der Waals surface area (Å²) >= 11 is 6.35. The standard InChI is InChI=1S/C29H29ClN4O4S/c30-22-10-13-25-24(17-22)26(20-5-2-1-3-6-20)27(29(36)33-25)34-16-4-7-21(18-34)28(35)32-15-14-19-8-11-23(12-9-19)39(31,37)38/h1-3,5-6,8-13,17,21H,4,7,14-16,18H2,(H,32,35)(H,33,36)(H2,31,37,38)/t21-/m0/s1. The number of sulfonamides is 1. The van der Waals surface area contributed by atoms with Crippen LogP contribution in [0.15, 0.2) is 82.5 Å². The number of piperidine rings is 1. The highest BCUT2D eigenvalue weighted by Gasteiger charge is 2.29. The number of primary sulfonamides is 1. The molecule has 8 nitrogen and oxygen atoms in total. The molecule has 1 aliphatic heterocycles. The highest BCUT2D eigenvalue weighted by molar-refractivity contribution is 7.89. The predicted molar refractivity (Wildman–Crippen MR) is 154 cm³/mol. The number of nitrogens with one attached hydrogen (secondary N) is 2. The van der Waals surface area contributed by atoms with Gasteiger partial charge in [0.15, 0.2) is 0 Å². The fourth-order valence-electron chi connectivity index (χ4n) is 5.17. The van der Waals surface area contributed by atoms with Gasteiger partial charge in [-0.2, -0.15) is 0 Å². The molecule has 0 aliphatic carbocycles. The number of amides is 1. The minimum absolute atomic E-state index is 0.0541. The Kier molecular flexibility index (Phi) is 7.74. The molecule has 202 valence electrons. The van der Waals surface area contributed by atoms with Gasteiger partial charge >= 0.3 is 0 Å². The van der Waals surface area contributed by atoms with Crippen molar-refractivity contribution in [1.29, 1.82) is 0 Å². The van der Waals surface area contributed by atoms with Crippen LogP contribution in [-0.2, 0) is 21.2 Å². The normalized spacial score (nSPS) is 15.8. The molecule has 0 unspecified atom stereocenters. The van der Waals surface area contributed by atoms with E-state index in [0.29, 0.717) is 42.3 Å². The maximum Gasteiger partial charge on any atom is 0.272 e. The topological polar surface area (TPSA) is 125 Å². The second-order valence-corrected chi connectivity index (χ2v) is 11.7. The average Bonchev–Trinajstić information content (AvgIpc) is 2.93. The maximum atomic E-state index is 13.4. The highest BCUT2D eigenvalue weighted by atomic mass is 35.5. The molecule has 0 bridgehead atoms. The van der Waals surface area contributed by atoms with E-state index >= 15 is 0 Å². The van der Waals surface area contributed by atoms with Crippen LogP contribution < -0.4 is 20.9 Å². The first-order chi connectivity index (χ1) is 18.7. The molecule has 0 spiro atoms. The summed E-state index contributed by atoms with van der Waals surface area (Å²) in [5.41, 5.74) is 3.65. The van der Waals surface area contributed by atoms with Crippen LogP contribution in [0.1, 0.15) is 18.4 Å². The number of carbonyl (C=O) groups excluding carboxylic acids is 1. The molecule has 3 aromatic carbocycles. The van der Waals surface area contributed by atoms with Gasteiger partial charge in [-0.15, -0.1) is 0 Å². The molecule has 2 heterocycles. The number of nitrogens with zero attached hydrogens (tertiary/aromatic N) is 1. The van der Waals surface area contributed by atoms with Crippen molar-refractivity contribution in [3.05, 3.63) is 93.7 Å². The molecule has 1 aromatic heterocycles. The van der Waals surface area contributed by atoms with Crippen molar-refractivity contribution >= 4 is 44.1 Å². The van der Waals surface area contributed by atoms with Gasteiger partial charge in [0.05, 0.1) is 10.8 Å². The molecule has 1 fully saturated rings. The Hall–Kier alpha value is -3.66. The maximum absolute atomic E-state index is 13.4. The Morgan fingerprint density at radius 1 is 1.08 bits per heavy atom. The summed E-state index contributed by atoms with van der Waals surface area (Å²) in [6, 6.07) is 21.5. The number of pyridine rings is 1. The molecule has 0 radical (unpaired) electrons. The third-order valence-electron chi connectivity index (χ3n) is 7.09. The van der Waals surface area contributed by atoms with Crippen LogP contribution in [-0.4, -0.2) is 38.9 Å². The van der Waals surface area contributed by atoms with Crippen LogP contribution >= 0.6 is 11.6 Å². The van der Waals surface area contributed by atoms with Gasteiger partial charge < -0.3 is 15.2 Å². The van der Waals surface area contributed by atoms with Crippen molar-refractivity contribution < 1.29 is 13.2 Å². The number of halogens is 1. The number of fused-ring (bicyclic) bond motifs is 1. The number of hydrogen-bond donors (Lipinski definition) is 3. The number of H-pyrrole nitrogens is 1. The molecule has 1 saturated heterocycles. The molecule has 1 aliphatic rings. The summed E-state index contributed by atoms with van der Waals surface area (Å²) < 4.78 is 22.9. The first-order valence-corrected chi connectivity index (χ1v) is 14.7. The highest BCUT2D eigenvalue weighted by Crippen LogP contribution is 2.37. The first-order valence-electron chi connectivity index (χ1n) is 12.8. The van der Waals surface area contributed by atoms with Gasteiger partial charge in [0, 0.05) is 41.1 Å². The van der Waals surface area contributed by atoms with Crippen LogP contribution in [0.2, 0.25) is 5.02 Å². The zero-order chi connectivity index (χ0) is 27.6. The van der Waals surface area contributed by atoms with Gasteiger partial charge in [0.2, 0.25) is 15.9 Å². The van der Waals surface area contributed by atoms with Crippen molar-refractivity contribution in [2.45, 2.75) is 24.2 Å². The molecule has 4 N–H and O–H groups in total. The average molecular weight is 565 g/mol. The summed E-state index contributed by atoms with van der Waals surface area (Å²) in [6.07, 6.45) is 2.05. The van der Waals surface area contributed by atoms with Crippen molar-refractivity contribution in [2.24, 2.45) is 11.1 Å². The van der Waals surface area contributed by atoms with E-state index in [1.54, 1.807) is 18.2 Å². The smallest absolute Gasteiger partial charge is 0.272 e. The van der Waals surface area contributed by atoms with Gasteiger partial charge in [-0.3, -0.25) is 9.59 Å². The SMILES string of the molecule is NS(=O)(=O)c1ccc(CCNC(=O)[C@H]2CCCN(c3c(-c4ccccc4)c4cc(Cl)ccc4[nH]c3=O)C2)cc1. The van der Waals surface area contributed by atoms with E-state index in [9.17, 15) is 18.0 Å². The number of hydrogen-bond acceptors (Lipinski definition) is 5. The molecule has 5 rings (SSSR count). The van der Waals surface area contributed by atoms with E-state index in [-0.39, 0.29) is 22.3 Å². The summed E-state index contributed by atoms with van der Waals surface area (Å²) in [5, 5.41) is 9.58. The lowest BCUT2D eigenvalue weighted by molar-refractivity contribution is -0.125. The van der Waals surface area contributed by atoms with Crippen LogP contribution in [0.3, 0.4) is 0 Å². The van der Waals surface area contributed by atoms with Gasteiger partial charge in [0.25, 0.3) is 5.56 Å². The molecule has 10 heteroatoms. The minimum Gasteiger partial charge on any atom is -0.366 e. The first kappa shape index (κ1) is 26.9. The summed E-state index contributed by atoms with van der Waals surface area (Å²) in [4.78, 5) is 31.6. The number of carbonyl (C=O) groups is 1. The lowest BCUT2D eigenvalue weighted by Crippen LogP contribution is -2.45. The quantitative estimate of drug-likeness (QED) is 0.312. The van der Waals surface area contributed by atoms with Crippen molar-refractivity contribution in [2.75, 3.05) is 24.5 Å². The van der Waals surface area contributed by atoms with Crippen molar-refractivity contribution in [3.63, 3.8) is 0 Å². The van der Waals surface area contributed by atoms with Gasteiger partial charge in [-0.25, -0.2) is 13.6 Å². The van der Waals surface area contributed by atoms with Crippen LogP contribution in [0.4, 0.5) is 5.69 Å². The summed E-state index contributed by atoms with van der Waals surface area (Å²) in [7, 11) is -3.74. The number of rotatable bonds is 7. The van der Waals surface area contributed by atoms with E-state index in [2.05, 4.69) is 10.3 Å². The number of nitrogens with two attached hydrogens (primary N) is 1. The summed E-state index contributed by atoms with van der Waals surface area (Å²) in [6.45, 7) is 1.49. The van der Waals surface area contributed by atoms with Crippen LogP contribution in [0.5, 0.6) is 0 Å². The zero-order valence-electron chi connectivity index (χ0n) is 21.2. The lowest BCUT2D eigenvalue weighted by atomic mass is 9.94. The fourth-order valence-corrected chi connectivity index (χ4v) is 5.86. The second-order valence-electron chi connectivity index (χ2n) is 9.75. The van der Waals surface area contributed by atoms with Gasteiger partial charge in [0.1, 0.15) is 5.69 Å². The Bertz CT molecular complexity index is 1670. The number of benzene rings is 3. The molecule has 1 amide bonds. The van der Waals surface area contributed by atoms with E-state index in [1.165, 1.54) is 12.1 Å². The third kappa shape index (κ3) is 6.00. The second kappa shape index (κ2) is 11.2. The Balaban J connectivity index is 1.35. The number of anilines is 1. The largest absolute Gasteiger partial charge is 0.366 e. The summed E-state index contributed by atoms with van der Waals surface area (Å²) in [5.74, 6) is -0.344. The van der Waals surface area contributed by atoms with Crippen molar-refractivity contribution in [3.8, 4) is 11.1 Å². The van der Waals surface area contributed by atoms with Gasteiger partial charge in [-0.1, -0.05) is 54.1 Å². The molecular weight excluding hydrogens is 536 g/mol. The molecule has 39 heavy (non-hydrogen) atoms. The minimum atomic E-state index is -3.74. The monoisotopic (exact) mass is 564 g/mol. The van der Waals surface area contributed by atoms with E-state index in [4.69, 9.17) is 16.7 Å².